The van der Waals surface area contributed by atoms with E-state index in [2.05, 4.69) is 24.9 Å². The minimum absolute atomic E-state index is 0.0166. The van der Waals surface area contributed by atoms with E-state index < -0.39 is 23.3 Å². The fourth-order valence-electron chi connectivity index (χ4n) is 5.40. The molecule has 0 spiro atoms. The van der Waals surface area contributed by atoms with Gasteiger partial charge in [-0.1, -0.05) is 13.8 Å². The van der Waals surface area contributed by atoms with Crippen molar-refractivity contribution >= 4 is 5.97 Å². The Morgan fingerprint density at radius 1 is 1.22 bits per heavy atom. The normalized spacial score (nSPS) is 24.7. The predicted octanol–water partition coefficient (Wildman–Crippen LogP) is 5.17. The Balaban J connectivity index is 1.49. The molecule has 0 N–H and O–H groups in total. The number of fused-ring (bicyclic) bond motifs is 2. The quantitative estimate of drug-likeness (QED) is 0.470. The second-order valence-electron chi connectivity index (χ2n) is 10.2. The molecule has 0 saturated heterocycles. The average molecular weight is 485 g/mol. The molecule has 36 heavy (non-hydrogen) atoms. The molecule has 5 rings (SSSR count). The third kappa shape index (κ3) is 4.28. The number of hydrogen-bond donors (Lipinski definition) is 0. The number of carbonyl (C=O) groups is 1. The third-order valence-electron chi connectivity index (χ3n) is 7.73. The summed E-state index contributed by atoms with van der Waals surface area (Å²) >= 11 is 0. The van der Waals surface area contributed by atoms with Crippen LogP contribution in [-0.4, -0.2) is 22.7 Å². The summed E-state index contributed by atoms with van der Waals surface area (Å²) < 4.78 is 18.3. The molecule has 7 nitrogen and oxygen atoms in total. The van der Waals surface area contributed by atoms with E-state index in [0.717, 1.165) is 6.42 Å². The van der Waals surface area contributed by atoms with Gasteiger partial charge in [0.15, 0.2) is 0 Å². The Hall–Kier alpha value is -3.92. The van der Waals surface area contributed by atoms with Crippen LogP contribution in [0.2, 0.25) is 0 Å². The molecule has 0 amide bonds. The number of rotatable bonds is 4. The molecule has 2 aliphatic rings. The molecule has 1 aromatic carbocycles. The Kier molecular flexibility index (Phi) is 6.13. The SMILES string of the molecule is CC(C)C1CC2Cc3c(cc(-c4cccnc4)oc3=O)OC2(C)C(OC(=O)c2ccc(C#N)cc2)C1. The standard InChI is InChI=1S/C29H28N2O5/c1-17(2)21-11-22-13-23-25(14-24(34-28(23)33)20-5-4-10-31-16-20)36-29(22,3)26(12-21)35-27(32)19-8-6-18(15-30)7-9-19/h4-10,14,16-17,21-22,26H,11-13H2,1-3H3. The lowest BCUT2D eigenvalue weighted by Gasteiger charge is -2.51. The average Bonchev–Trinajstić information content (AvgIpc) is 2.88. The van der Waals surface area contributed by atoms with E-state index in [1.165, 1.54) is 0 Å². The van der Waals surface area contributed by atoms with Crippen molar-refractivity contribution in [1.29, 1.82) is 5.26 Å². The fourth-order valence-corrected chi connectivity index (χ4v) is 5.40. The smallest absolute Gasteiger partial charge is 0.343 e. The molecule has 3 heterocycles. The highest BCUT2D eigenvalue weighted by Crippen LogP contribution is 2.49. The van der Waals surface area contributed by atoms with Gasteiger partial charge in [-0.25, -0.2) is 9.59 Å². The molecule has 7 heteroatoms. The first-order chi connectivity index (χ1) is 17.3. The van der Waals surface area contributed by atoms with Crippen LogP contribution >= 0.6 is 0 Å². The third-order valence-corrected chi connectivity index (χ3v) is 7.73. The van der Waals surface area contributed by atoms with Crippen molar-refractivity contribution < 1.29 is 18.7 Å². The van der Waals surface area contributed by atoms with Crippen LogP contribution in [0.15, 0.2) is 64.1 Å². The first-order valence-corrected chi connectivity index (χ1v) is 12.3. The molecular weight excluding hydrogens is 456 g/mol. The summed E-state index contributed by atoms with van der Waals surface area (Å²) in [5, 5.41) is 9.05. The number of carbonyl (C=O) groups excluding carboxylic acids is 1. The van der Waals surface area contributed by atoms with Crippen LogP contribution in [0.25, 0.3) is 11.3 Å². The van der Waals surface area contributed by atoms with Gasteiger partial charge < -0.3 is 13.9 Å². The van der Waals surface area contributed by atoms with E-state index in [1.54, 1.807) is 48.8 Å². The van der Waals surface area contributed by atoms with Crippen LogP contribution in [0.3, 0.4) is 0 Å². The van der Waals surface area contributed by atoms with Gasteiger partial charge in [0, 0.05) is 29.9 Å². The summed E-state index contributed by atoms with van der Waals surface area (Å²) in [6.45, 7) is 6.31. The lowest BCUT2D eigenvalue weighted by molar-refractivity contribution is -0.137. The molecule has 1 aliphatic carbocycles. The highest BCUT2D eigenvalue weighted by atomic mass is 16.6. The van der Waals surface area contributed by atoms with Gasteiger partial charge in [0.1, 0.15) is 23.2 Å². The molecule has 1 saturated carbocycles. The molecule has 1 aliphatic heterocycles. The van der Waals surface area contributed by atoms with Gasteiger partial charge >= 0.3 is 11.6 Å². The first kappa shape index (κ1) is 23.8. The van der Waals surface area contributed by atoms with Crippen molar-refractivity contribution in [3.8, 4) is 23.1 Å². The van der Waals surface area contributed by atoms with Gasteiger partial charge in [0.2, 0.25) is 0 Å². The molecular formula is C29H28N2O5. The van der Waals surface area contributed by atoms with Crippen LogP contribution < -0.4 is 10.4 Å². The Morgan fingerprint density at radius 3 is 2.67 bits per heavy atom. The van der Waals surface area contributed by atoms with E-state index in [0.29, 0.717) is 58.4 Å². The lowest BCUT2D eigenvalue weighted by Crippen LogP contribution is -2.60. The Morgan fingerprint density at radius 2 is 2.00 bits per heavy atom. The highest BCUT2D eigenvalue weighted by molar-refractivity contribution is 5.89. The van der Waals surface area contributed by atoms with Gasteiger partial charge in [-0.2, -0.15) is 5.26 Å². The van der Waals surface area contributed by atoms with Gasteiger partial charge in [-0.15, -0.1) is 0 Å². The number of hydrogen-bond acceptors (Lipinski definition) is 7. The number of esters is 1. The Labute approximate surface area is 209 Å². The topological polar surface area (TPSA) is 102 Å². The van der Waals surface area contributed by atoms with Crippen molar-refractivity contribution in [3.63, 3.8) is 0 Å². The highest BCUT2D eigenvalue weighted by Gasteiger charge is 2.54. The zero-order valence-corrected chi connectivity index (χ0v) is 20.6. The van der Waals surface area contributed by atoms with E-state index in [4.69, 9.17) is 19.2 Å². The molecule has 184 valence electrons. The van der Waals surface area contributed by atoms with Crippen molar-refractivity contribution in [1.82, 2.24) is 4.98 Å². The predicted molar refractivity (Wildman–Crippen MR) is 132 cm³/mol. The second kappa shape index (κ2) is 9.27. The molecule has 2 aromatic heterocycles. The first-order valence-electron chi connectivity index (χ1n) is 12.3. The molecule has 3 aromatic rings. The summed E-state index contributed by atoms with van der Waals surface area (Å²) in [6.07, 6.45) is 4.81. The maximum atomic E-state index is 13.1. The largest absolute Gasteiger partial charge is 0.483 e. The van der Waals surface area contributed by atoms with Gasteiger partial charge in [-0.3, -0.25) is 4.98 Å². The molecule has 1 fully saturated rings. The van der Waals surface area contributed by atoms with E-state index in [1.807, 2.05) is 13.0 Å². The van der Waals surface area contributed by atoms with Crippen LogP contribution in [0.4, 0.5) is 0 Å². The second-order valence-corrected chi connectivity index (χ2v) is 10.2. The van der Waals surface area contributed by atoms with Crippen molar-refractivity contribution in [2.75, 3.05) is 0 Å². The molecule has 0 bridgehead atoms. The van der Waals surface area contributed by atoms with Crippen LogP contribution in [-0.2, 0) is 11.2 Å². The van der Waals surface area contributed by atoms with Crippen LogP contribution in [0.5, 0.6) is 5.75 Å². The maximum absolute atomic E-state index is 13.1. The monoisotopic (exact) mass is 484 g/mol. The summed E-state index contributed by atoms with van der Waals surface area (Å²) in [5.74, 6) is 1.08. The zero-order chi connectivity index (χ0) is 25.4. The Bertz CT molecular complexity index is 1370. The number of aromatic nitrogens is 1. The van der Waals surface area contributed by atoms with E-state index in [9.17, 15) is 9.59 Å². The van der Waals surface area contributed by atoms with Crippen molar-refractivity contribution in [2.24, 2.45) is 17.8 Å². The summed E-state index contributed by atoms with van der Waals surface area (Å²) in [6, 6.07) is 13.8. The zero-order valence-electron chi connectivity index (χ0n) is 20.6. The molecule has 0 radical (unpaired) electrons. The van der Waals surface area contributed by atoms with Crippen LogP contribution in [0.1, 0.15) is 55.1 Å². The van der Waals surface area contributed by atoms with Crippen molar-refractivity contribution in [3.05, 3.63) is 82.0 Å². The summed E-state index contributed by atoms with van der Waals surface area (Å²) in [4.78, 5) is 30.2. The van der Waals surface area contributed by atoms with Gasteiger partial charge in [-0.05, 0) is 74.4 Å². The summed E-state index contributed by atoms with van der Waals surface area (Å²) in [5.41, 5.74) is 0.849. The van der Waals surface area contributed by atoms with Crippen LogP contribution in [0, 0.1) is 29.1 Å². The minimum atomic E-state index is -0.805. The minimum Gasteiger partial charge on any atom is -0.483 e. The number of pyridine rings is 1. The number of nitrogens with zero attached hydrogens (tertiary/aromatic N) is 2. The molecule has 4 atom stereocenters. The lowest BCUT2D eigenvalue weighted by atomic mass is 9.64. The van der Waals surface area contributed by atoms with Gasteiger partial charge in [0.05, 0.1) is 22.8 Å². The number of nitriles is 1. The molecule has 4 unspecified atom stereocenters. The van der Waals surface area contributed by atoms with E-state index >= 15 is 0 Å². The fraction of sp³-hybridized carbons (Fsp3) is 0.379. The summed E-state index contributed by atoms with van der Waals surface area (Å²) in [7, 11) is 0. The van der Waals surface area contributed by atoms with Crippen molar-refractivity contribution in [2.45, 2.75) is 51.7 Å². The maximum Gasteiger partial charge on any atom is 0.343 e. The van der Waals surface area contributed by atoms with E-state index in [-0.39, 0.29) is 5.92 Å². The van der Waals surface area contributed by atoms with Gasteiger partial charge in [0.25, 0.3) is 0 Å². The number of benzene rings is 1. The number of ether oxygens (including phenoxy) is 2.